The van der Waals surface area contributed by atoms with Crippen LogP contribution in [0.1, 0.15) is 6.42 Å². The van der Waals surface area contributed by atoms with Crippen molar-refractivity contribution in [3.8, 4) is 0 Å². The minimum atomic E-state index is -3.11. The summed E-state index contributed by atoms with van der Waals surface area (Å²) in [4.78, 5) is -2.42. The third-order valence-electron chi connectivity index (χ3n) is 2.12. The average Bonchev–Trinajstić information content (AvgIpc) is 2.15. The number of hydrogen-bond donors (Lipinski definition) is 2. The van der Waals surface area contributed by atoms with Crippen molar-refractivity contribution in [2.75, 3.05) is 0 Å². The molecule has 1 rings (SSSR count). The molecule has 1 aliphatic rings. The lowest BCUT2D eigenvalue weighted by atomic mass is 9.94. The third-order valence-corrected chi connectivity index (χ3v) is 4.54. The van der Waals surface area contributed by atoms with Crippen molar-refractivity contribution in [2.24, 2.45) is 0 Å². The highest BCUT2D eigenvalue weighted by Gasteiger charge is 2.38. The second-order valence-electron chi connectivity index (χ2n) is 3.02. The third kappa shape index (κ3) is 2.63. The Labute approximate surface area is 99.7 Å². The molecule has 0 aromatic heterocycles. The van der Waals surface area contributed by atoms with E-state index in [0.717, 1.165) is 0 Å². The van der Waals surface area contributed by atoms with Gasteiger partial charge in [0.25, 0.3) is 0 Å². The van der Waals surface area contributed by atoms with E-state index in [1.54, 1.807) is 0 Å². The van der Waals surface area contributed by atoms with Crippen LogP contribution in [0.4, 0.5) is 0 Å². The topological polar surface area (TPSA) is 143 Å². The van der Waals surface area contributed by atoms with Gasteiger partial charge in [-0.15, -0.1) is 0 Å². The molecular weight excluding hydrogens is 296 g/mol. The molecule has 0 radical (unpaired) electrons. The zero-order valence-electron chi connectivity index (χ0n) is 7.93. The zero-order valence-corrected chi connectivity index (χ0v) is 10.4. The first kappa shape index (κ1) is 14.1. The van der Waals surface area contributed by atoms with Crippen LogP contribution in [0, 0.1) is 0 Å². The Balaban J connectivity index is 3.75. The Morgan fingerprint density at radius 2 is 1.12 bits per heavy atom. The predicted octanol–water partition coefficient (Wildman–Crippen LogP) is -3.73. The van der Waals surface area contributed by atoms with Crippen LogP contribution in [-0.2, 0) is 30.9 Å². The first-order valence-electron chi connectivity index (χ1n) is 3.99. The van der Waals surface area contributed by atoms with E-state index in [1.165, 1.54) is 0 Å². The molecule has 96 valence electrons. The lowest BCUT2D eigenvalue weighted by Gasteiger charge is -2.22. The zero-order chi connectivity index (χ0) is 13.3. The van der Waals surface area contributed by atoms with Gasteiger partial charge in [-0.25, -0.2) is 0 Å². The molecule has 1 aliphatic carbocycles. The summed E-state index contributed by atoms with van der Waals surface area (Å²) < 4.78 is 64.3. The summed E-state index contributed by atoms with van der Waals surface area (Å²) in [5, 5.41) is 18.8. The van der Waals surface area contributed by atoms with Gasteiger partial charge in [-0.1, -0.05) is 0 Å². The maximum absolute atomic E-state index is 10.7. The van der Waals surface area contributed by atoms with Gasteiger partial charge in [0, 0.05) is 6.42 Å². The van der Waals surface area contributed by atoms with E-state index in [0.29, 0.717) is 0 Å². The molecule has 0 aliphatic heterocycles. The number of hydrogen-bond acceptors (Lipinski definition) is 8. The lowest BCUT2D eigenvalue weighted by molar-refractivity contribution is 0.261. The van der Waals surface area contributed by atoms with E-state index < -0.39 is 64.1 Å². The minimum Gasteiger partial charge on any atom is -0.382 e. The van der Waals surface area contributed by atoms with Crippen LogP contribution in [0.25, 0.3) is 0 Å². The van der Waals surface area contributed by atoms with Crippen molar-refractivity contribution in [1.82, 2.24) is 0 Å². The smallest absolute Gasteiger partial charge is 0.219 e. The summed E-state index contributed by atoms with van der Waals surface area (Å²) in [6.45, 7) is 0. The van der Waals surface area contributed by atoms with Gasteiger partial charge in [0.2, 0.25) is 30.9 Å². The molecule has 0 saturated heterocycles. The fourth-order valence-electron chi connectivity index (χ4n) is 1.31. The molecule has 1 saturated carbocycles. The second kappa shape index (κ2) is 5.10. The van der Waals surface area contributed by atoms with Crippen LogP contribution in [-0.4, -0.2) is 62.3 Å². The predicted molar refractivity (Wildman–Crippen MR) is 58.4 cm³/mol. The Bertz CT molecular complexity index is 674. The van der Waals surface area contributed by atoms with E-state index in [-0.39, 0.29) is 0 Å². The summed E-state index contributed by atoms with van der Waals surface area (Å²) in [6, 6.07) is 0. The SMILES string of the molecule is O=S(=O)=C1CC(=S(=O)=O)C(O)C(=S(=O)=O)C1O. The van der Waals surface area contributed by atoms with Crippen molar-refractivity contribution in [1.29, 1.82) is 0 Å². The van der Waals surface area contributed by atoms with Crippen LogP contribution in [0.15, 0.2) is 0 Å². The van der Waals surface area contributed by atoms with Gasteiger partial charge in [0.15, 0.2) is 0 Å². The Kier molecular flexibility index (Phi) is 4.21. The van der Waals surface area contributed by atoms with Gasteiger partial charge in [0.1, 0.15) is 17.1 Å². The molecule has 0 spiro atoms. The monoisotopic (exact) mass is 302 g/mol. The average molecular weight is 302 g/mol. The van der Waals surface area contributed by atoms with Crippen LogP contribution in [0.2, 0.25) is 0 Å². The minimum absolute atomic E-state index is 0.714. The summed E-state index contributed by atoms with van der Waals surface area (Å²) >= 11 is 0. The van der Waals surface area contributed by atoms with Gasteiger partial charge in [-0.3, -0.25) is 0 Å². The van der Waals surface area contributed by atoms with Crippen LogP contribution >= 0.6 is 0 Å². The van der Waals surface area contributed by atoms with Gasteiger partial charge >= 0.3 is 0 Å². The molecule has 1 fully saturated rings. The lowest BCUT2D eigenvalue weighted by Crippen LogP contribution is -2.49. The highest BCUT2D eigenvalue weighted by Crippen LogP contribution is 2.11. The summed E-state index contributed by atoms with van der Waals surface area (Å²) in [7, 11) is -9.02. The molecule has 2 N–H and O–H groups in total. The highest BCUT2D eigenvalue weighted by molar-refractivity contribution is 7.77. The molecule has 11 heteroatoms. The van der Waals surface area contributed by atoms with Crippen molar-refractivity contribution in [2.45, 2.75) is 18.6 Å². The number of aliphatic hydroxyl groups excluding tert-OH is 2. The Morgan fingerprint density at radius 3 is 1.35 bits per heavy atom. The molecule has 0 aromatic rings. The fraction of sp³-hybridized carbons (Fsp3) is 0.500. The van der Waals surface area contributed by atoms with E-state index in [9.17, 15) is 35.5 Å². The molecule has 0 bridgehead atoms. The summed E-state index contributed by atoms with van der Waals surface area (Å²) in [5.74, 6) is 0. The molecule has 0 aromatic carbocycles. The first-order chi connectivity index (χ1) is 7.77. The Hall–Kier alpha value is -1.01. The van der Waals surface area contributed by atoms with Crippen molar-refractivity contribution < 1.29 is 35.5 Å². The van der Waals surface area contributed by atoms with Crippen LogP contribution < -0.4 is 0 Å². The van der Waals surface area contributed by atoms with E-state index >= 15 is 0 Å². The molecule has 0 amide bonds. The van der Waals surface area contributed by atoms with E-state index in [2.05, 4.69) is 0 Å². The quantitative estimate of drug-likeness (QED) is 0.435. The summed E-state index contributed by atoms with van der Waals surface area (Å²) in [5.41, 5.74) is 0. The van der Waals surface area contributed by atoms with E-state index in [4.69, 9.17) is 0 Å². The molecule has 17 heavy (non-hydrogen) atoms. The van der Waals surface area contributed by atoms with Gasteiger partial charge in [-0.2, -0.15) is 25.3 Å². The molecular formula is C6H6O8S3. The molecule has 0 heterocycles. The fourth-order valence-corrected chi connectivity index (χ4v) is 3.37. The highest BCUT2D eigenvalue weighted by atomic mass is 32.2. The number of aliphatic hydroxyl groups is 2. The van der Waals surface area contributed by atoms with Crippen molar-refractivity contribution in [3.05, 3.63) is 0 Å². The van der Waals surface area contributed by atoms with Crippen molar-refractivity contribution >= 4 is 45.5 Å². The largest absolute Gasteiger partial charge is 0.382 e. The maximum Gasteiger partial charge on any atom is 0.219 e. The summed E-state index contributed by atoms with van der Waals surface area (Å²) in [6.07, 6.45) is -4.79. The van der Waals surface area contributed by atoms with Crippen LogP contribution in [0.3, 0.4) is 0 Å². The van der Waals surface area contributed by atoms with Crippen molar-refractivity contribution in [3.63, 3.8) is 0 Å². The second-order valence-corrected chi connectivity index (χ2v) is 5.95. The van der Waals surface area contributed by atoms with E-state index in [1.807, 2.05) is 0 Å². The van der Waals surface area contributed by atoms with Gasteiger partial charge in [0.05, 0.1) is 9.73 Å². The van der Waals surface area contributed by atoms with Gasteiger partial charge < -0.3 is 10.2 Å². The molecule has 2 unspecified atom stereocenters. The standard InChI is InChI=1S/C6H6O8S3/c7-4-2(15(9)10)1-3(16(11)12)5(8)6(4)17(13)14/h4-5,7-8H,1H2. The maximum atomic E-state index is 10.7. The van der Waals surface area contributed by atoms with Gasteiger partial charge in [-0.05, 0) is 0 Å². The normalized spacial score (nSPS) is 24.7. The number of rotatable bonds is 0. The molecule has 8 nitrogen and oxygen atoms in total. The molecule has 2 atom stereocenters. The first-order valence-corrected chi connectivity index (χ1v) is 7.22. The Morgan fingerprint density at radius 1 is 0.765 bits per heavy atom. The van der Waals surface area contributed by atoms with Crippen LogP contribution in [0.5, 0.6) is 0 Å².